The Morgan fingerprint density at radius 2 is 1.38 bits per heavy atom. The molecule has 21 heavy (non-hydrogen) atoms. The summed E-state index contributed by atoms with van der Waals surface area (Å²) < 4.78 is 76.6. The van der Waals surface area contributed by atoms with E-state index in [-0.39, 0.29) is 5.56 Å². The van der Waals surface area contributed by atoms with E-state index in [1.807, 2.05) is 0 Å². The average molecular weight is 306 g/mol. The summed E-state index contributed by atoms with van der Waals surface area (Å²) in [6.45, 7) is 0. The normalized spacial score (nSPS) is 12.5. The highest BCUT2D eigenvalue weighted by atomic mass is 19.4. The molecule has 0 fully saturated rings. The molecule has 2 rings (SSSR count). The molecule has 1 N–H and O–H groups in total. The van der Waals surface area contributed by atoms with Crippen LogP contribution < -0.4 is 0 Å². The summed E-state index contributed by atoms with van der Waals surface area (Å²) in [4.78, 5) is 0. The molecule has 2 aromatic rings. The van der Waals surface area contributed by atoms with E-state index >= 15 is 0 Å². The van der Waals surface area contributed by atoms with Gasteiger partial charge in [-0.3, -0.25) is 0 Å². The molecule has 0 aromatic heterocycles. The van der Waals surface area contributed by atoms with Crippen LogP contribution in [-0.4, -0.2) is 5.11 Å². The Balaban J connectivity index is 2.68. The van der Waals surface area contributed by atoms with Crippen LogP contribution in [-0.2, 0) is 12.4 Å². The fourth-order valence-corrected chi connectivity index (χ4v) is 1.93. The standard InChI is InChI=1S/C14H8F6O/c15-13(16,17)9-4-1-3-8(7-9)12-10(14(18,19)20)5-2-6-11(12)21/h1-7,21H. The molecule has 0 radical (unpaired) electrons. The van der Waals surface area contributed by atoms with E-state index < -0.39 is 34.8 Å². The van der Waals surface area contributed by atoms with Crippen molar-refractivity contribution in [3.8, 4) is 16.9 Å². The second-order valence-electron chi connectivity index (χ2n) is 4.28. The van der Waals surface area contributed by atoms with Crippen molar-refractivity contribution in [2.45, 2.75) is 12.4 Å². The zero-order valence-electron chi connectivity index (χ0n) is 10.3. The molecule has 0 saturated carbocycles. The van der Waals surface area contributed by atoms with Crippen LogP contribution in [0.2, 0.25) is 0 Å². The Hall–Kier alpha value is -2.18. The van der Waals surface area contributed by atoms with Crippen LogP contribution in [0, 0.1) is 0 Å². The van der Waals surface area contributed by atoms with Gasteiger partial charge in [-0.25, -0.2) is 0 Å². The minimum absolute atomic E-state index is 0.352. The van der Waals surface area contributed by atoms with Crippen molar-refractivity contribution in [1.29, 1.82) is 0 Å². The predicted molar refractivity (Wildman–Crippen MR) is 63.5 cm³/mol. The second-order valence-corrected chi connectivity index (χ2v) is 4.28. The zero-order valence-corrected chi connectivity index (χ0v) is 10.3. The maximum Gasteiger partial charge on any atom is 0.417 e. The molecule has 2 aromatic carbocycles. The van der Waals surface area contributed by atoms with E-state index in [0.29, 0.717) is 12.1 Å². The van der Waals surface area contributed by atoms with Crippen molar-refractivity contribution in [3.05, 3.63) is 53.6 Å². The lowest BCUT2D eigenvalue weighted by molar-refractivity contribution is -0.137. The van der Waals surface area contributed by atoms with Crippen molar-refractivity contribution < 1.29 is 31.4 Å². The fourth-order valence-electron chi connectivity index (χ4n) is 1.93. The predicted octanol–water partition coefficient (Wildman–Crippen LogP) is 5.10. The molecule has 0 unspecified atom stereocenters. The highest BCUT2D eigenvalue weighted by molar-refractivity contribution is 5.74. The summed E-state index contributed by atoms with van der Waals surface area (Å²) >= 11 is 0. The van der Waals surface area contributed by atoms with Crippen molar-refractivity contribution >= 4 is 0 Å². The first-order valence-corrected chi connectivity index (χ1v) is 5.67. The summed E-state index contributed by atoms with van der Waals surface area (Å²) in [5.41, 5.74) is -3.30. The number of hydrogen-bond acceptors (Lipinski definition) is 1. The minimum atomic E-state index is -4.79. The van der Waals surface area contributed by atoms with Crippen LogP contribution in [0.1, 0.15) is 11.1 Å². The van der Waals surface area contributed by atoms with Gasteiger partial charge in [0.1, 0.15) is 5.75 Å². The molecule has 0 heterocycles. The van der Waals surface area contributed by atoms with Crippen LogP contribution in [0.3, 0.4) is 0 Å². The van der Waals surface area contributed by atoms with Crippen molar-refractivity contribution in [2.24, 2.45) is 0 Å². The third-order valence-electron chi connectivity index (χ3n) is 2.83. The number of rotatable bonds is 1. The molecular weight excluding hydrogens is 298 g/mol. The van der Waals surface area contributed by atoms with Crippen molar-refractivity contribution in [3.63, 3.8) is 0 Å². The number of benzene rings is 2. The monoisotopic (exact) mass is 306 g/mol. The molecule has 112 valence electrons. The molecule has 0 atom stereocenters. The first kappa shape index (κ1) is 15.2. The number of hydrogen-bond donors (Lipinski definition) is 1. The quantitative estimate of drug-likeness (QED) is 0.727. The lowest BCUT2D eigenvalue weighted by Gasteiger charge is -2.15. The third kappa shape index (κ3) is 3.12. The number of alkyl halides is 6. The van der Waals surface area contributed by atoms with Crippen molar-refractivity contribution in [2.75, 3.05) is 0 Å². The molecule has 1 nitrogen and oxygen atoms in total. The minimum Gasteiger partial charge on any atom is -0.507 e. The zero-order chi connectivity index (χ0) is 15.8. The van der Waals surface area contributed by atoms with Gasteiger partial charge in [0.2, 0.25) is 0 Å². The van der Waals surface area contributed by atoms with Crippen LogP contribution in [0.5, 0.6) is 5.75 Å². The summed E-state index contributed by atoms with van der Waals surface area (Å²) in [5.74, 6) is -0.732. The van der Waals surface area contributed by atoms with E-state index in [1.165, 1.54) is 0 Å². The lowest BCUT2D eigenvalue weighted by atomic mass is 9.96. The smallest absolute Gasteiger partial charge is 0.417 e. The van der Waals surface area contributed by atoms with E-state index in [0.717, 1.165) is 30.3 Å². The van der Waals surface area contributed by atoms with Gasteiger partial charge in [-0.1, -0.05) is 18.2 Å². The Labute approximate surface area is 115 Å². The Kier molecular flexibility index (Phi) is 3.61. The molecule has 0 aliphatic heterocycles. The first-order chi connectivity index (χ1) is 9.60. The molecule has 0 aliphatic rings. The summed E-state index contributed by atoms with van der Waals surface area (Å²) in [5, 5.41) is 9.62. The van der Waals surface area contributed by atoms with E-state index in [1.54, 1.807) is 0 Å². The largest absolute Gasteiger partial charge is 0.507 e. The summed E-state index contributed by atoms with van der Waals surface area (Å²) in [6.07, 6.45) is -9.47. The van der Waals surface area contributed by atoms with Gasteiger partial charge in [0.05, 0.1) is 11.1 Å². The van der Waals surface area contributed by atoms with Gasteiger partial charge >= 0.3 is 12.4 Å². The molecule has 0 aliphatic carbocycles. The molecule has 0 saturated heterocycles. The number of phenols is 1. The van der Waals surface area contributed by atoms with Gasteiger partial charge in [0.15, 0.2) is 0 Å². The van der Waals surface area contributed by atoms with Crippen molar-refractivity contribution in [1.82, 2.24) is 0 Å². The average Bonchev–Trinajstić information content (AvgIpc) is 2.36. The number of phenolic OH excluding ortho intramolecular Hbond substituents is 1. The summed E-state index contributed by atoms with van der Waals surface area (Å²) in [7, 11) is 0. The lowest BCUT2D eigenvalue weighted by Crippen LogP contribution is -2.08. The Bertz CT molecular complexity index is 657. The van der Waals surface area contributed by atoms with Gasteiger partial charge in [-0.2, -0.15) is 26.3 Å². The van der Waals surface area contributed by atoms with Crippen LogP contribution in [0.15, 0.2) is 42.5 Å². The molecule has 0 bridgehead atoms. The highest BCUT2D eigenvalue weighted by Gasteiger charge is 2.36. The number of aromatic hydroxyl groups is 1. The molecular formula is C14H8F6O. The molecule has 0 amide bonds. The maximum atomic E-state index is 12.9. The fraction of sp³-hybridized carbons (Fsp3) is 0.143. The second kappa shape index (κ2) is 4.98. The SMILES string of the molecule is Oc1cccc(C(F)(F)F)c1-c1cccc(C(F)(F)F)c1. The first-order valence-electron chi connectivity index (χ1n) is 5.67. The van der Waals surface area contributed by atoms with Crippen LogP contribution in [0.25, 0.3) is 11.1 Å². The topological polar surface area (TPSA) is 20.2 Å². The van der Waals surface area contributed by atoms with E-state index in [2.05, 4.69) is 0 Å². The molecule has 7 heteroatoms. The summed E-state index contributed by atoms with van der Waals surface area (Å²) in [6, 6.07) is 6.07. The third-order valence-corrected chi connectivity index (χ3v) is 2.83. The van der Waals surface area contributed by atoms with Crippen LogP contribution in [0.4, 0.5) is 26.3 Å². The Morgan fingerprint density at radius 3 is 1.95 bits per heavy atom. The van der Waals surface area contributed by atoms with E-state index in [9.17, 15) is 31.4 Å². The Morgan fingerprint density at radius 1 is 0.762 bits per heavy atom. The van der Waals surface area contributed by atoms with Gasteiger partial charge in [0.25, 0.3) is 0 Å². The maximum absolute atomic E-state index is 12.9. The van der Waals surface area contributed by atoms with Crippen LogP contribution >= 0.6 is 0 Å². The van der Waals surface area contributed by atoms with Gasteiger partial charge < -0.3 is 5.11 Å². The van der Waals surface area contributed by atoms with Gasteiger partial charge in [-0.05, 0) is 29.8 Å². The van der Waals surface area contributed by atoms with Gasteiger partial charge in [0, 0.05) is 5.56 Å². The number of halogens is 6. The van der Waals surface area contributed by atoms with Gasteiger partial charge in [-0.15, -0.1) is 0 Å². The van der Waals surface area contributed by atoms with E-state index in [4.69, 9.17) is 0 Å². The highest BCUT2D eigenvalue weighted by Crippen LogP contribution is 2.42. The molecule has 0 spiro atoms.